The van der Waals surface area contributed by atoms with Crippen LogP contribution in [0.25, 0.3) is 0 Å². The maximum Gasteiger partial charge on any atom is 0.344 e. The Balaban J connectivity index is 2.41. The van der Waals surface area contributed by atoms with E-state index in [0.29, 0.717) is 5.71 Å². The average Bonchev–Trinajstić information content (AvgIpc) is 2.56. The number of benzene rings is 1. The van der Waals surface area contributed by atoms with Crippen LogP contribution in [0.5, 0.6) is 0 Å². The molecule has 0 aromatic heterocycles. The Bertz CT molecular complexity index is 558. The lowest BCUT2D eigenvalue weighted by Crippen LogP contribution is -2.08. The molecule has 0 radical (unpaired) electrons. The molecule has 1 aliphatic rings. The van der Waals surface area contributed by atoms with E-state index in [9.17, 15) is 9.90 Å². The lowest BCUT2D eigenvalue weighted by atomic mass is 10.1. The molecule has 18 heavy (non-hydrogen) atoms. The number of nitrogens with zero attached hydrogens (tertiary/aromatic N) is 1. The molecule has 2 rings (SSSR count). The second-order valence-corrected chi connectivity index (χ2v) is 4.29. The summed E-state index contributed by atoms with van der Waals surface area (Å²) in [7, 11) is 0. The van der Waals surface area contributed by atoms with E-state index in [1.807, 2.05) is 31.2 Å². The number of rotatable bonds is 2. The summed E-state index contributed by atoms with van der Waals surface area (Å²) in [5.74, 6) is -0.565. The highest BCUT2D eigenvalue weighted by Gasteiger charge is 2.32. The number of hydrogen-bond donors (Lipinski definition) is 1. The SMILES string of the molecule is CC(=Nc1ccccc1C)C1=C(O)[C@@H](C)OC1=O. The summed E-state index contributed by atoms with van der Waals surface area (Å²) < 4.78 is 4.93. The van der Waals surface area contributed by atoms with Crippen molar-refractivity contribution in [3.8, 4) is 0 Å². The molecule has 1 N–H and O–H groups in total. The molecule has 1 aromatic carbocycles. The van der Waals surface area contributed by atoms with Gasteiger partial charge in [0, 0.05) is 0 Å². The van der Waals surface area contributed by atoms with Gasteiger partial charge in [0.15, 0.2) is 6.10 Å². The van der Waals surface area contributed by atoms with E-state index in [2.05, 4.69) is 4.99 Å². The standard InChI is InChI=1S/C14H15NO3/c1-8-6-4-5-7-11(8)15-9(2)12-13(16)10(3)18-14(12)17/h4-7,10,16H,1-3H3/t10-/m1/s1. The smallest absolute Gasteiger partial charge is 0.344 e. The normalized spacial score (nSPS) is 20.3. The molecular weight excluding hydrogens is 230 g/mol. The highest BCUT2D eigenvalue weighted by atomic mass is 16.6. The fourth-order valence-electron chi connectivity index (χ4n) is 1.84. The molecule has 0 saturated heterocycles. The van der Waals surface area contributed by atoms with E-state index in [1.165, 1.54) is 0 Å². The summed E-state index contributed by atoms with van der Waals surface area (Å²) in [6, 6.07) is 7.60. The minimum Gasteiger partial charge on any atom is -0.507 e. The fourth-order valence-corrected chi connectivity index (χ4v) is 1.84. The Kier molecular flexibility index (Phi) is 3.19. The molecule has 0 aliphatic carbocycles. The van der Waals surface area contributed by atoms with E-state index >= 15 is 0 Å². The minimum atomic E-state index is -0.588. The van der Waals surface area contributed by atoms with E-state index < -0.39 is 12.1 Å². The first-order valence-corrected chi connectivity index (χ1v) is 5.76. The summed E-state index contributed by atoms with van der Waals surface area (Å²) in [6.07, 6.45) is -0.588. The van der Waals surface area contributed by atoms with Crippen molar-refractivity contribution >= 4 is 17.4 Å². The number of hydrogen-bond acceptors (Lipinski definition) is 4. The van der Waals surface area contributed by atoms with E-state index in [0.717, 1.165) is 11.3 Å². The highest BCUT2D eigenvalue weighted by Crippen LogP contribution is 2.24. The number of esters is 1. The van der Waals surface area contributed by atoms with Gasteiger partial charge in [-0.2, -0.15) is 0 Å². The van der Waals surface area contributed by atoms with Crippen LogP contribution in [0.1, 0.15) is 19.4 Å². The lowest BCUT2D eigenvalue weighted by molar-refractivity contribution is -0.139. The van der Waals surface area contributed by atoms with Crippen LogP contribution >= 0.6 is 0 Å². The summed E-state index contributed by atoms with van der Waals surface area (Å²) in [5.41, 5.74) is 2.43. The number of para-hydroxylation sites is 1. The van der Waals surface area contributed by atoms with Crippen LogP contribution in [-0.4, -0.2) is 22.9 Å². The van der Waals surface area contributed by atoms with Gasteiger partial charge in [0.25, 0.3) is 0 Å². The third-order valence-electron chi connectivity index (χ3n) is 2.89. The molecule has 94 valence electrons. The lowest BCUT2D eigenvalue weighted by Gasteiger charge is -2.02. The molecule has 1 aliphatic heterocycles. The average molecular weight is 245 g/mol. The van der Waals surface area contributed by atoms with E-state index in [-0.39, 0.29) is 11.3 Å². The van der Waals surface area contributed by atoms with E-state index in [4.69, 9.17) is 4.74 Å². The maximum atomic E-state index is 11.6. The fraction of sp³-hybridized carbons (Fsp3) is 0.286. The van der Waals surface area contributed by atoms with Crippen LogP contribution in [-0.2, 0) is 9.53 Å². The Morgan fingerprint density at radius 2 is 2.06 bits per heavy atom. The van der Waals surface area contributed by atoms with Crippen LogP contribution < -0.4 is 0 Å². The summed E-state index contributed by atoms with van der Waals surface area (Å²) in [4.78, 5) is 16.0. The highest BCUT2D eigenvalue weighted by molar-refractivity contribution is 6.21. The Morgan fingerprint density at radius 1 is 1.39 bits per heavy atom. The van der Waals surface area contributed by atoms with Gasteiger partial charge in [-0.15, -0.1) is 0 Å². The molecule has 1 heterocycles. The third-order valence-corrected chi connectivity index (χ3v) is 2.89. The van der Waals surface area contributed by atoms with Crippen LogP contribution in [0.15, 0.2) is 40.6 Å². The first-order chi connectivity index (χ1) is 8.50. The van der Waals surface area contributed by atoms with Crippen LogP contribution in [0.2, 0.25) is 0 Å². The second kappa shape index (κ2) is 4.64. The first kappa shape index (κ1) is 12.4. The van der Waals surface area contributed by atoms with Crippen molar-refractivity contribution in [1.29, 1.82) is 0 Å². The van der Waals surface area contributed by atoms with Gasteiger partial charge in [0.05, 0.1) is 11.4 Å². The van der Waals surface area contributed by atoms with Crippen LogP contribution in [0, 0.1) is 6.92 Å². The quantitative estimate of drug-likeness (QED) is 0.643. The first-order valence-electron chi connectivity index (χ1n) is 5.76. The van der Waals surface area contributed by atoms with Gasteiger partial charge in [-0.05, 0) is 32.4 Å². The predicted molar refractivity (Wildman–Crippen MR) is 69.2 cm³/mol. The van der Waals surface area contributed by atoms with Gasteiger partial charge in [-0.25, -0.2) is 4.79 Å². The molecule has 4 nitrogen and oxygen atoms in total. The van der Waals surface area contributed by atoms with Gasteiger partial charge in [-0.1, -0.05) is 18.2 Å². The van der Waals surface area contributed by atoms with Crippen molar-refractivity contribution in [2.24, 2.45) is 4.99 Å². The minimum absolute atomic E-state index is 0.0464. The number of ether oxygens (including phenoxy) is 1. The van der Waals surface area contributed by atoms with Crippen LogP contribution in [0.3, 0.4) is 0 Å². The molecule has 0 spiro atoms. The zero-order valence-electron chi connectivity index (χ0n) is 10.6. The number of cyclic esters (lactones) is 1. The number of aliphatic hydroxyl groups is 1. The molecule has 0 bridgehead atoms. The summed E-state index contributed by atoms with van der Waals surface area (Å²) in [5, 5.41) is 9.80. The van der Waals surface area contributed by atoms with Gasteiger partial charge < -0.3 is 9.84 Å². The number of aryl methyl sites for hydroxylation is 1. The monoisotopic (exact) mass is 245 g/mol. The Hall–Kier alpha value is -2.10. The third kappa shape index (κ3) is 2.14. The summed E-state index contributed by atoms with van der Waals surface area (Å²) in [6.45, 7) is 5.26. The maximum absolute atomic E-state index is 11.6. The Labute approximate surface area is 106 Å². The largest absolute Gasteiger partial charge is 0.507 e. The zero-order chi connectivity index (χ0) is 13.3. The van der Waals surface area contributed by atoms with Gasteiger partial charge >= 0.3 is 5.97 Å². The molecular formula is C14H15NO3. The Morgan fingerprint density at radius 3 is 2.61 bits per heavy atom. The predicted octanol–water partition coefficient (Wildman–Crippen LogP) is 2.84. The van der Waals surface area contributed by atoms with Crippen molar-refractivity contribution in [2.75, 3.05) is 0 Å². The van der Waals surface area contributed by atoms with Crippen molar-refractivity contribution < 1.29 is 14.6 Å². The molecule has 1 atom stereocenters. The number of carbonyl (C=O) groups is 1. The molecule has 0 saturated carbocycles. The number of carbonyl (C=O) groups excluding carboxylic acids is 1. The second-order valence-electron chi connectivity index (χ2n) is 4.29. The van der Waals surface area contributed by atoms with Crippen molar-refractivity contribution in [3.05, 3.63) is 41.2 Å². The van der Waals surface area contributed by atoms with E-state index in [1.54, 1.807) is 13.8 Å². The number of aliphatic imine (C=N–C) groups is 1. The molecule has 4 heteroatoms. The van der Waals surface area contributed by atoms with Gasteiger partial charge in [0.2, 0.25) is 0 Å². The molecule has 0 amide bonds. The topological polar surface area (TPSA) is 58.9 Å². The zero-order valence-corrected chi connectivity index (χ0v) is 10.6. The van der Waals surface area contributed by atoms with Gasteiger partial charge in [-0.3, -0.25) is 4.99 Å². The van der Waals surface area contributed by atoms with Crippen molar-refractivity contribution in [1.82, 2.24) is 0 Å². The van der Waals surface area contributed by atoms with Gasteiger partial charge in [0.1, 0.15) is 11.3 Å². The summed E-state index contributed by atoms with van der Waals surface area (Å²) >= 11 is 0. The molecule has 0 unspecified atom stereocenters. The van der Waals surface area contributed by atoms with Crippen LogP contribution in [0.4, 0.5) is 5.69 Å². The van der Waals surface area contributed by atoms with Crippen molar-refractivity contribution in [3.63, 3.8) is 0 Å². The molecule has 0 fully saturated rings. The van der Waals surface area contributed by atoms with Crippen molar-refractivity contribution in [2.45, 2.75) is 26.9 Å². The molecule has 1 aromatic rings. The number of aliphatic hydroxyl groups excluding tert-OH is 1.